The Hall–Kier alpha value is -2.36. The van der Waals surface area contributed by atoms with E-state index < -0.39 is 5.78 Å². The molecule has 0 radical (unpaired) electrons. The van der Waals surface area contributed by atoms with E-state index in [1.54, 1.807) is 24.4 Å². The van der Waals surface area contributed by atoms with Gasteiger partial charge in [-0.25, -0.2) is 0 Å². The van der Waals surface area contributed by atoms with E-state index in [-0.39, 0.29) is 35.9 Å². The Balaban J connectivity index is 0.00000192. The summed E-state index contributed by atoms with van der Waals surface area (Å²) in [4.78, 5) is 24.6. The quantitative estimate of drug-likeness (QED) is 0.852. The molecule has 6 nitrogen and oxygen atoms in total. The summed E-state index contributed by atoms with van der Waals surface area (Å²) in [5, 5.41) is 11.2. The molecule has 23 heavy (non-hydrogen) atoms. The van der Waals surface area contributed by atoms with Gasteiger partial charge in [0.15, 0.2) is 11.2 Å². The largest absolute Gasteiger partial charge is 0.326 e. The number of rotatable bonds is 3. The minimum atomic E-state index is -0.449. The second-order valence-electron chi connectivity index (χ2n) is 5.45. The van der Waals surface area contributed by atoms with Gasteiger partial charge in [-0.15, -0.1) is 12.4 Å². The highest BCUT2D eigenvalue weighted by Gasteiger charge is 2.22. The van der Waals surface area contributed by atoms with Gasteiger partial charge in [-0.05, 0) is 18.6 Å². The first-order valence-corrected chi connectivity index (χ1v) is 7.17. The van der Waals surface area contributed by atoms with Crippen LogP contribution in [0.4, 0.5) is 0 Å². The van der Waals surface area contributed by atoms with Crippen molar-refractivity contribution in [1.82, 2.24) is 4.68 Å². The Labute approximate surface area is 139 Å². The van der Waals surface area contributed by atoms with Gasteiger partial charge in [0.05, 0.1) is 23.6 Å². The van der Waals surface area contributed by atoms with Gasteiger partial charge in [0.2, 0.25) is 0 Å². The molecule has 0 saturated carbocycles. The number of pyridine rings is 1. The first kappa shape index (κ1) is 17.0. The molecule has 0 amide bonds. The number of carbonyl (C=O) groups excluding carboxylic acids is 1. The fraction of sp³-hybridized carbons (Fsp3) is 0.312. The second-order valence-corrected chi connectivity index (χ2v) is 5.45. The summed E-state index contributed by atoms with van der Waals surface area (Å²) in [6, 6.07) is 9.05. The van der Waals surface area contributed by atoms with E-state index >= 15 is 0 Å². The van der Waals surface area contributed by atoms with Crippen molar-refractivity contribution in [1.29, 1.82) is 5.26 Å². The van der Waals surface area contributed by atoms with E-state index in [9.17, 15) is 9.59 Å². The van der Waals surface area contributed by atoms with Crippen molar-refractivity contribution >= 4 is 29.1 Å². The molecule has 2 heterocycles. The third-order valence-corrected chi connectivity index (χ3v) is 3.94. The zero-order chi connectivity index (χ0) is 15.7. The highest BCUT2D eigenvalue weighted by atomic mass is 35.5. The van der Waals surface area contributed by atoms with Crippen LogP contribution in [0.25, 0.3) is 10.9 Å². The number of carbonyl (C=O) groups is 1. The molecule has 1 aliphatic rings. The fourth-order valence-corrected chi connectivity index (χ4v) is 2.82. The number of nitrogens with zero attached hydrogens (tertiary/aromatic N) is 3. The van der Waals surface area contributed by atoms with Crippen LogP contribution in [-0.2, 0) is 0 Å². The van der Waals surface area contributed by atoms with E-state index in [0.29, 0.717) is 11.9 Å². The molecule has 120 valence electrons. The predicted octanol–water partition coefficient (Wildman–Crippen LogP) is 1.19. The number of ketones is 1. The maximum atomic E-state index is 12.5. The molecule has 1 unspecified atom stereocenters. The summed E-state index contributed by atoms with van der Waals surface area (Å²) in [5.41, 5.74) is 6.43. The SMILES string of the molecule is Cl.N#CCC(=O)c1cn(N2CCC(N)C2)c2ccccc2c1=O. The molecular formula is C16H17ClN4O2. The van der Waals surface area contributed by atoms with Crippen LogP contribution in [0.2, 0.25) is 0 Å². The molecule has 2 N–H and O–H groups in total. The lowest BCUT2D eigenvalue weighted by molar-refractivity contribution is 0.0996. The molecule has 1 saturated heterocycles. The number of fused-ring (bicyclic) bond motifs is 1. The van der Waals surface area contributed by atoms with E-state index in [1.807, 2.05) is 21.8 Å². The number of hydrogen-bond donors (Lipinski definition) is 1. The Bertz CT molecular complexity index is 840. The van der Waals surface area contributed by atoms with Gasteiger partial charge in [0.25, 0.3) is 0 Å². The Morgan fingerprint density at radius 3 is 2.78 bits per heavy atom. The molecule has 0 bridgehead atoms. The second kappa shape index (κ2) is 6.82. The fourth-order valence-electron chi connectivity index (χ4n) is 2.82. The molecule has 1 fully saturated rings. The van der Waals surface area contributed by atoms with Crippen LogP contribution in [-0.4, -0.2) is 29.6 Å². The predicted molar refractivity (Wildman–Crippen MR) is 90.6 cm³/mol. The zero-order valence-electron chi connectivity index (χ0n) is 12.4. The average molecular weight is 333 g/mol. The highest BCUT2D eigenvalue weighted by molar-refractivity contribution is 5.99. The third kappa shape index (κ3) is 3.07. The minimum absolute atomic E-state index is 0. The van der Waals surface area contributed by atoms with Gasteiger partial charge in [0, 0.05) is 30.7 Å². The summed E-state index contributed by atoms with van der Waals surface area (Å²) in [5.74, 6) is -0.449. The first-order chi connectivity index (χ1) is 10.6. The molecule has 7 heteroatoms. The summed E-state index contributed by atoms with van der Waals surface area (Å²) >= 11 is 0. The van der Waals surface area contributed by atoms with Gasteiger partial charge in [0.1, 0.15) is 0 Å². The van der Waals surface area contributed by atoms with Crippen LogP contribution >= 0.6 is 12.4 Å². The highest BCUT2D eigenvalue weighted by Crippen LogP contribution is 2.16. The van der Waals surface area contributed by atoms with Gasteiger partial charge in [-0.3, -0.25) is 14.3 Å². The first-order valence-electron chi connectivity index (χ1n) is 7.17. The number of para-hydroxylation sites is 1. The number of nitrogens with two attached hydrogens (primary N) is 1. The molecule has 2 aromatic rings. The van der Waals surface area contributed by atoms with Crippen molar-refractivity contribution in [2.24, 2.45) is 5.73 Å². The minimum Gasteiger partial charge on any atom is -0.326 e. The number of nitriles is 1. The smallest absolute Gasteiger partial charge is 0.200 e. The molecule has 1 atom stereocenters. The molecule has 1 aromatic heterocycles. The Morgan fingerprint density at radius 2 is 2.13 bits per heavy atom. The molecule has 0 aliphatic carbocycles. The van der Waals surface area contributed by atoms with E-state index in [2.05, 4.69) is 0 Å². The van der Waals surface area contributed by atoms with Gasteiger partial charge in [-0.2, -0.15) is 5.26 Å². The van der Waals surface area contributed by atoms with Gasteiger partial charge < -0.3 is 10.7 Å². The lowest BCUT2D eigenvalue weighted by Gasteiger charge is -2.24. The van der Waals surface area contributed by atoms with Crippen molar-refractivity contribution in [2.75, 3.05) is 18.1 Å². The van der Waals surface area contributed by atoms with E-state index in [4.69, 9.17) is 11.0 Å². The number of hydrogen-bond acceptors (Lipinski definition) is 5. The zero-order valence-corrected chi connectivity index (χ0v) is 13.3. The van der Waals surface area contributed by atoms with Crippen molar-refractivity contribution in [3.05, 3.63) is 46.2 Å². The standard InChI is InChI=1S/C16H16N4O2.ClH/c17-7-5-15(21)13-10-20(19-8-6-11(18)9-19)14-4-2-1-3-12(14)16(13)22;/h1-4,10-11H,5-6,8-9,18H2;1H. The van der Waals surface area contributed by atoms with Crippen LogP contribution < -0.4 is 16.2 Å². The normalized spacial score (nSPS) is 16.9. The van der Waals surface area contributed by atoms with Gasteiger partial charge in [-0.1, -0.05) is 12.1 Å². The van der Waals surface area contributed by atoms with Crippen molar-refractivity contribution < 1.29 is 4.79 Å². The number of benzene rings is 1. The van der Waals surface area contributed by atoms with Gasteiger partial charge >= 0.3 is 0 Å². The lowest BCUT2D eigenvalue weighted by atomic mass is 10.1. The number of Topliss-reactive ketones (excluding diaryl/α,β-unsaturated/α-hetero) is 1. The van der Waals surface area contributed by atoms with E-state index in [1.165, 1.54) is 0 Å². The van der Waals surface area contributed by atoms with E-state index in [0.717, 1.165) is 18.5 Å². The number of aromatic nitrogens is 1. The molecular weight excluding hydrogens is 316 g/mol. The summed E-state index contributed by atoms with van der Waals surface area (Å²) in [6.07, 6.45) is 2.11. The summed E-state index contributed by atoms with van der Waals surface area (Å²) < 4.78 is 1.83. The topological polar surface area (TPSA) is 92.1 Å². The molecule has 1 aromatic carbocycles. The van der Waals surface area contributed by atoms with Crippen molar-refractivity contribution in [2.45, 2.75) is 18.9 Å². The summed E-state index contributed by atoms with van der Waals surface area (Å²) in [7, 11) is 0. The molecule has 1 aliphatic heterocycles. The Kier molecular flexibility index (Phi) is 5.04. The maximum Gasteiger partial charge on any atom is 0.200 e. The van der Waals surface area contributed by atoms with Crippen LogP contribution in [0, 0.1) is 11.3 Å². The Morgan fingerprint density at radius 1 is 1.39 bits per heavy atom. The third-order valence-electron chi connectivity index (χ3n) is 3.94. The van der Waals surface area contributed by atoms with Crippen LogP contribution in [0.1, 0.15) is 23.2 Å². The maximum absolute atomic E-state index is 12.5. The van der Waals surface area contributed by atoms with Crippen molar-refractivity contribution in [3.63, 3.8) is 0 Å². The average Bonchev–Trinajstić information content (AvgIpc) is 2.94. The molecule has 0 spiro atoms. The lowest BCUT2D eigenvalue weighted by Crippen LogP contribution is -2.36. The van der Waals surface area contributed by atoms with Crippen LogP contribution in [0.15, 0.2) is 35.3 Å². The summed E-state index contributed by atoms with van der Waals surface area (Å²) in [6.45, 7) is 1.43. The monoisotopic (exact) mass is 332 g/mol. The van der Waals surface area contributed by atoms with Crippen LogP contribution in [0.3, 0.4) is 0 Å². The number of halogens is 1. The molecule has 3 rings (SSSR count). The van der Waals surface area contributed by atoms with Crippen molar-refractivity contribution in [3.8, 4) is 6.07 Å². The van der Waals surface area contributed by atoms with Crippen LogP contribution in [0.5, 0.6) is 0 Å².